The number of aromatic hydroxyl groups is 1. The Hall–Kier alpha value is -1.56. The number of hydrogen-bond donors (Lipinski definition) is 1. The second-order valence-electron chi connectivity index (χ2n) is 5.98. The largest absolute Gasteiger partial charge is 0.507 e. The number of hydrogen-bond acceptors (Lipinski definition) is 4. The molecule has 0 bridgehead atoms. The maximum Gasteiger partial charge on any atom is 0.342 e. The van der Waals surface area contributed by atoms with E-state index in [0.29, 0.717) is 29.4 Å². The SMILES string of the molecule is C[C@@H]1C[C@H](C)CN(C(=O)COC(=O)c2cc(Br)ccc2O)C1. The van der Waals surface area contributed by atoms with Crippen LogP contribution in [-0.4, -0.2) is 41.6 Å². The zero-order valence-electron chi connectivity index (χ0n) is 12.7. The first-order valence-corrected chi connectivity index (χ1v) is 8.09. The molecule has 22 heavy (non-hydrogen) atoms. The Morgan fingerprint density at radius 2 is 1.95 bits per heavy atom. The monoisotopic (exact) mass is 369 g/mol. The molecule has 0 radical (unpaired) electrons. The van der Waals surface area contributed by atoms with Crippen LogP contribution in [0.5, 0.6) is 5.75 Å². The Bertz CT molecular complexity index is 565. The molecule has 1 aliphatic heterocycles. The van der Waals surface area contributed by atoms with Crippen LogP contribution in [0, 0.1) is 11.8 Å². The third-order valence-electron chi connectivity index (χ3n) is 3.73. The molecule has 1 aromatic carbocycles. The summed E-state index contributed by atoms with van der Waals surface area (Å²) >= 11 is 3.23. The highest BCUT2D eigenvalue weighted by Gasteiger charge is 2.26. The average molecular weight is 370 g/mol. The van der Waals surface area contributed by atoms with E-state index in [-0.39, 0.29) is 23.8 Å². The van der Waals surface area contributed by atoms with Gasteiger partial charge in [-0.3, -0.25) is 4.79 Å². The first-order chi connectivity index (χ1) is 10.4. The number of nitrogens with zero attached hydrogens (tertiary/aromatic N) is 1. The smallest absolute Gasteiger partial charge is 0.342 e. The van der Waals surface area contributed by atoms with Gasteiger partial charge in [0.25, 0.3) is 5.91 Å². The molecule has 0 unspecified atom stereocenters. The number of carbonyl (C=O) groups is 2. The van der Waals surface area contributed by atoms with Crippen molar-refractivity contribution < 1.29 is 19.4 Å². The third-order valence-corrected chi connectivity index (χ3v) is 4.22. The highest BCUT2D eigenvalue weighted by atomic mass is 79.9. The number of likely N-dealkylation sites (tertiary alicyclic amines) is 1. The summed E-state index contributed by atoms with van der Waals surface area (Å²) in [6, 6.07) is 4.48. The molecule has 5 nitrogen and oxygen atoms in total. The molecular weight excluding hydrogens is 350 g/mol. The Morgan fingerprint density at radius 1 is 1.32 bits per heavy atom. The van der Waals surface area contributed by atoms with Crippen LogP contribution >= 0.6 is 15.9 Å². The maximum atomic E-state index is 12.2. The zero-order chi connectivity index (χ0) is 16.3. The minimum atomic E-state index is -0.703. The van der Waals surface area contributed by atoms with Gasteiger partial charge in [0, 0.05) is 17.6 Å². The van der Waals surface area contributed by atoms with Crippen LogP contribution in [0.1, 0.15) is 30.6 Å². The molecule has 2 rings (SSSR count). The van der Waals surface area contributed by atoms with Crippen molar-refractivity contribution in [1.82, 2.24) is 4.90 Å². The standard InChI is InChI=1S/C16H20BrNO4/c1-10-5-11(2)8-18(7-10)15(20)9-22-16(21)13-6-12(17)3-4-14(13)19/h3-4,6,10-11,19H,5,7-9H2,1-2H3/t10-,11+. The molecule has 6 heteroatoms. The molecule has 0 spiro atoms. The van der Waals surface area contributed by atoms with Crippen molar-refractivity contribution in [1.29, 1.82) is 0 Å². The predicted octanol–water partition coefficient (Wildman–Crippen LogP) is 2.82. The number of carbonyl (C=O) groups excluding carboxylic acids is 2. The van der Waals surface area contributed by atoms with Crippen molar-refractivity contribution in [2.24, 2.45) is 11.8 Å². The first-order valence-electron chi connectivity index (χ1n) is 7.30. The van der Waals surface area contributed by atoms with Crippen molar-refractivity contribution in [2.45, 2.75) is 20.3 Å². The van der Waals surface area contributed by atoms with Crippen molar-refractivity contribution in [3.8, 4) is 5.75 Å². The van der Waals surface area contributed by atoms with E-state index in [1.165, 1.54) is 12.1 Å². The fourth-order valence-electron chi connectivity index (χ4n) is 2.83. The number of rotatable bonds is 3. The fraction of sp³-hybridized carbons (Fsp3) is 0.500. The summed E-state index contributed by atoms with van der Waals surface area (Å²) < 4.78 is 5.69. The molecule has 1 aliphatic rings. The van der Waals surface area contributed by atoms with Crippen LogP contribution in [0.2, 0.25) is 0 Å². The summed E-state index contributed by atoms with van der Waals surface area (Å²) in [5.74, 6) is -0.151. The Morgan fingerprint density at radius 3 is 2.59 bits per heavy atom. The van der Waals surface area contributed by atoms with Gasteiger partial charge in [0.1, 0.15) is 11.3 Å². The molecule has 0 aromatic heterocycles. The predicted molar refractivity (Wildman–Crippen MR) is 85.6 cm³/mol. The molecule has 0 saturated carbocycles. The van der Waals surface area contributed by atoms with Gasteiger partial charge in [-0.2, -0.15) is 0 Å². The molecule has 1 fully saturated rings. The lowest BCUT2D eigenvalue weighted by molar-refractivity contribution is -0.137. The molecule has 1 amide bonds. The number of amides is 1. The van der Waals surface area contributed by atoms with E-state index in [0.717, 1.165) is 6.42 Å². The molecule has 120 valence electrons. The van der Waals surface area contributed by atoms with E-state index < -0.39 is 5.97 Å². The lowest BCUT2D eigenvalue weighted by Crippen LogP contribution is -2.44. The average Bonchev–Trinajstić information content (AvgIpc) is 2.45. The minimum Gasteiger partial charge on any atom is -0.507 e. The highest BCUT2D eigenvalue weighted by molar-refractivity contribution is 9.10. The topological polar surface area (TPSA) is 66.8 Å². The summed E-state index contributed by atoms with van der Waals surface area (Å²) in [7, 11) is 0. The molecular formula is C16H20BrNO4. The van der Waals surface area contributed by atoms with Gasteiger partial charge in [-0.1, -0.05) is 29.8 Å². The Balaban J connectivity index is 1.93. The van der Waals surface area contributed by atoms with E-state index in [4.69, 9.17) is 4.74 Å². The van der Waals surface area contributed by atoms with Crippen LogP contribution in [0.3, 0.4) is 0 Å². The van der Waals surface area contributed by atoms with Gasteiger partial charge in [-0.15, -0.1) is 0 Å². The second-order valence-corrected chi connectivity index (χ2v) is 6.90. The summed E-state index contributed by atoms with van der Waals surface area (Å²) in [6.07, 6.45) is 1.11. The van der Waals surface area contributed by atoms with Gasteiger partial charge in [-0.05, 0) is 36.5 Å². The molecule has 1 heterocycles. The molecule has 1 saturated heterocycles. The van der Waals surface area contributed by atoms with Crippen molar-refractivity contribution in [2.75, 3.05) is 19.7 Å². The van der Waals surface area contributed by atoms with Crippen LogP contribution in [0.25, 0.3) is 0 Å². The summed E-state index contributed by atoms with van der Waals surface area (Å²) in [5, 5.41) is 9.67. The number of piperidine rings is 1. The van der Waals surface area contributed by atoms with Gasteiger partial charge in [-0.25, -0.2) is 4.79 Å². The van der Waals surface area contributed by atoms with Gasteiger partial charge in [0.05, 0.1) is 0 Å². The lowest BCUT2D eigenvalue weighted by Gasteiger charge is -2.34. The van der Waals surface area contributed by atoms with Gasteiger partial charge in [0.15, 0.2) is 6.61 Å². The molecule has 0 aliphatic carbocycles. The van der Waals surface area contributed by atoms with Crippen LogP contribution < -0.4 is 0 Å². The lowest BCUT2D eigenvalue weighted by atomic mass is 9.92. The van der Waals surface area contributed by atoms with E-state index in [1.54, 1.807) is 11.0 Å². The number of ether oxygens (including phenoxy) is 1. The van der Waals surface area contributed by atoms with Crippen molar-refractivity contribution in [3.63, 3.8) is 0 Å². The van der Waals surface area contributed by atoms with Crippen molar-refractivity contribution >= 4 is 27.8 Å². The summed E-state index contributed by atoms with van der Waals surface area (Å²) in [6.45, 7) is 5.32. The van der Waals surface area contributed by atoms with E-state index in [1.807, 2.05) is 0 Å². The van der Waals surface area contributed by atoms with E-state index in [9.17, 15) is 14.7 Å². The highest BCUT2D eigenvalue weighted by Crippen LogP contribution is 2.23. The molecule has 2 atom stereocenters. The third kappa shape index (κ3) is 4.22. The zero-order valence-corrected chi connectivity index (χ0v) is 14.3. The summed E-state index contributed by atoms with van der Waals surface area (Å²) in [4.78, 5) is 25.9. The van der Waals surface area contributed by atoms with Gasteiger partial charge in [0.2, 0.25) is 0 Å². The van der Waals surface area contributed by atoms with Crippen LogP contribution in [-0.2, 0) is 9.53 Å². The normalized spacial score (nSPS) is 21.5. The Kier molecular flexibility index (Phi) is 5.45. The number of halogens is 1. The molecule has 1 aromatic rings. The quantitative estimate of drug-likeness (QED) is 0.831. The minimum absolute atomic E-state index is 0.0440. The number of phenolic OH excluding ortho intramolecular Hbond substituents is 1. The van der Waals surface area contributed by atoms with Gasteiger partial charge >= 0.3 is 5.97 Å². The van der Waals surface area contributed by atoms with E-state index in [2.05, 4.69) is 29.8 Å². The Labute approximate surface area is 138 Å². The summed E-state index contributed by atoms with van der Waals surface area (Å²) in [5.41, 5.74) is 0.0440. The maximum absolute atomic E-state index is 12.2. The van der Waals surface area contributed by atoms with Crippen LogP contribution in [0.4, 0.5) is 0 Å². The number of benzene rings is 1. The number of esters is 1. The van der Waals surface area contributed by atoms with Crippen molar-refractivity contribution in [3.05, 3.63) is 28.2 Å². The van der Waals surface area contributed by atoms with E-state index >= 15 is 0 Å². The number of phenols is 1. The van der Waals surface area contributed by atoms with Crippen LogP contribution in [0.15, 0.2) is 22.7 Å². The second kappa shape index (κ2) is 7.13. The van der Waals surface area contributed by atoms with Gasteiger partial charge < -0.3 is 14.7 Å². The molecule has 1 N–H and O–H groups in total. The fourth-order valence-corrected chi connectivity index (χ4v) is 3.20. The first kappa shape index (κ1) is 16.8.